The molecular formula is C11H23NO2. The summed E-state index contributed by atoms with van der Waals surface area (Å²) in [6.45, 7) is 4.66. The molecule has 2 N–H and O–H groups in total. The first-order valence-electron chi connectivity index (χ1n) is 5.83. The monoisotopic (exact) mass is 201 g/mol. The Hall–Kier alpha value is -0.120. The lowest BCUT2D eigenvalue weighted by atomic mass is 10.2. The van der Waals surface area contributed by atoms with Crippen LogP contribution in [0.15, 0.2) is 0 Å². The topological polar surface area (TPSA) is 41.5 Å². The molecule has 0 aromatic heterocycles. The Bertz CT molecular complexity index is 141. The zero-order chi connectivity index (χ0) is 10.2. The van der Waals surface area contributed by atoms with Crippen LogP contribution in [0.3, 0.4) is 0 Å². The molecule has 2 atom stereocenters. The molecule has 0 aliphatic heterocycles. The van der Waals surface area contributed by atoms with Crippen molar-refractivity contribution in [3.63, 3.8) is 0 Å². The van der Waals surface area contributed by atoms with Crippen LogP contribution in [0.2, 0.25) is 0 Å². The van der Waals surface area contributed by atoms with Crippen LogP contribution in [-0.4, -0.2) is 37.0 Å². The Morgan fingerprint density at radius 3 is 2.86 bits per heavy atom. The lowest BCUT2D eigenvalue weighted by Gasteiger charge is -2.16. The Morgan fingerprint density at radius 1 is 1.36 bits per heavy atom. The van der Waals surface area contributed by atoms with Crippen molar-refractivity contribution < 1.29 is 9.84 Å². The molecule has 0 spiro atoms. The molecule has 84 valence electrons. The molecule has 0 heterocycles. The normalized spacial score (nSPS) is 27.0. The predicted octanol–water partition coefficient (Wildman–Crippen LogP) is 1.31. The first-order valence-corrected chi connectivity index (χ1v) is 5.83. The van der Waals surface area contributed by atoms with E-state index in [2.05, 4.69) is 12.2 Å². The van der Waals surface area contributed by atoms with Crippen molar-refractivity contribution in [2.75, 3.05) is 19.8 Å². The predicted molar refractivity (Wildman–Crippen MR) is 57.4 cm³/mol. The smallest absolute Gasteiger partial charge is 0.0693 e. The quantitative estimate of drug-likeness (QED) is 0.610. The van der Waals surface area contributed by atoms with Crippen LogP contribution in [-0.2, 0) is 4.74 Å². The van der Waals surface area contributed by atoms with E-state index in [9.17, 15) is 5.11 Å². The molecule has 0 aromatic carbocycles. The van der Waals surface area contributed by atoms with Gasteiger partial charge in [-0.3, -0.25) is 0 Å². The molecule has 3 heteroatoms. The lowest BCUT2D eigenvalue weighted by Crippen LogP contribution is -2.37. The van der Waals surface area contributed by atoms with E-state index in [-0.39, 0.29) is 6.10 Å². The molecular weight excluding hydrogens is 178 g/mol. The maximum Gasteiger partial charge on any atom is 0.0693 e. The summed E-state index contributed by atoms with van der Waals surface area (Å²) < 4.78 is 5.42. The van der Waals surface area contributed by atoms with Gasteiger partial charge < -0.3 is 15.2 Å². The van der Waals surface area contributed by atoms with Gasteiger partial charge in [0, 0.05) is 19.2 Å². The number of rotatable bonds is 7. The molecule has 1 saturated carbocycles. The van der Waals surface area contributed by atoms with Crippen molar-refractivity contribution in [2.45, 2.75) is 51.2 Å². The second-order valence-electron chi connectivity index (χ2n) is 4.02. The summed E-state index contributed by atoms with van der Waals surface area (Å²) in [6.07, 6.45) is 5.41. The molecule has 1 fully saturated rings. The summed E-state index contributed by atoms with van der Waals surface area (Å²) in [5.74, 6) is 0. The van der Waals surface area contributed by atoms with Gasteiger partial charge in [0.15, 0.2) is 0 Å². The van der Waals surface area contributed by atoms with Gasteiger partial charge in [0.1, 0.15) is 0 Å². The molecule has 1 aliphatic rings. The van der Waals surface area contributed by atoms with Crippen LogP contribution >= 0.6 is 0 Å². The van der Waals surface area contributed by atoms with Crippen LogP contribution in [0.1, 0.15) is 39.0 Å². The minimum Gasteiger partial charge on any atom is -0.392 e. The van der Waals surface area contributed by atoms with Crippen LogP contribution in [0.25, 0.3) is 0 Å². The highest BCUT2D eigenvalue weighted by Crippen LogP contribution is 2.18. The Morgan fingerprint density at radius 2 is 2.21 bits per heavy atom. The highest BCUT2D eigenvalue weighted by molar-refractivity contribution is 4.82. The molecule has 1 aliphatic carbocycles. The zero-order valence-electron chi connectivity index (χ0n) is 9.17. The van der Waals surface area contributed by atoms with E-state index >= 15 is 0 Å². The molecule has 14 heavy (non-hydrogen) atoms. The van der Waals surface area contributed by atoms with Crippen molar-refractivity contribution in [1.82, 2.24) is 5.32 Å². The van der Waals surface area contributed by atoms with E-state index in [0.717, 1.165) is 45.4 Å². The maximum atomic E-state index is 9.53. The third kappa shape index (κ3) is 4.40. The van der Waals surface area contributed by atoms with Gasteiger partial charge >= 0.3 is 0 Å². The average molecular weight is 201 g/mol. The van der Waals surface area contributed by atoms with E-state index in [4.69, 9.17) is 4.74 Å². The SMILES string of the molecule is CCCCOCCN[C@H]1CCC[C@@H]1O. The first-order chi connectivity index (χ1) is 6.84. The summed E-state index contributed by atoms with van der Waals surface area (Å²) in [7, 11) is 0. The second-order valence-corrected chi connectivity index (χ2v) is 4.02. The number of aliphatic hydroxyl groups is 1. The molecule has 0 amide bonds. The van der Waals surface area contributed by atoms with Crippen molar-refractivity contribution in [2.24, 2.45) is 0 Å². The third-order valence-electron chi connectivity index (χ3n) is 2.77. The van der Waals surface area contributed by atoms with Crippen molar-refractivity contribution >= 4 is 0 Å². The van der Waals surface area contributed by atoms with Gasteiger partial charge in [-0.2, -0.15) is 0 Å². The van der Waals surface area contributed by atoms with Gasteiger partial charge in [-0.1, -0.05) is 13.3 Å². The van der Waals surface area contributed by atoms with E-state index in [1.165, 1.54) is 6.42 Å². The lowest BCUT2D eigenvalue weighted by molar-refractivity contribution is 0.115. The van der Waals surface area contributed by atoms with Gasteiger partial charge in [0.05, 0.1) is 12.7 Å². The molecule has 0 aromatic rings. The first kappa shape index (κ1) is 12.0. The van der Waals surface area contributed by atoms with Crippen LogP contribution < -0.4 is 5.32 Å². The number of hydrogen-bond acceptors (Lipinski definition) is 3. The highest BCUT2D eigenvalue weighted by Gasteiger charge is 2.23. The average Bonchev–Trinajstić information content (AvgIpc) is 2.58. The number of aliphatic hydroxyl groups excluding tert-OH is 1. The summed E-state index contributed by atoms with van der Waals surface area (Å²) >= 11 is 0. The number of unbranched alkanes of at least 4 members (excludes halogenated alkanes) is 1. The minimum atomic E-state index is -0.134. The fourth-order valence-corrected chi connectivity index (χ4v) is 1.84. The van der Waals surface area contributed by atoms with Gasteiger partial charge in [-0.25, -0.2) is 0 Å². The summed E-state index contributed by atoms with van der Waals surface area (Å²) in [4.78, 5) is 0. The van der Waals surface area contributed by atoms with Crippen molar-refractivity contribution in [1.29, 1.82) is 0 Å². The fourth-order valence-electron chi connectivity index (χ4n) is 1.84. The molecule has 3 nitrogen and oxygen atoms in total. The van der Waals surface area contributed by atoms with E-state index in [1.54, 1.807) is 0 Å². The highest BCUT2D eigenvalue weighted by atomic mass is 16.5. The Balaban J connectivity index is 1.88. The fraction of sp³-hybridized carbons (Fsp3) is 1.00. The number of nitrogens with one attached hydrogen (secondary N) is 1. The molecule has 0 bridgehead atoms. The van der Waals surface area contributed by atoms with Gasteiger partial charge in [-0.05, 0) is 25.7 Å². The van der Waals surface area contributed by atoms with E-state index in [0.29, 0.717) is 6.04 Å². The minimum absolute atomic E-state index is 0.134. The maximum absolute atomic E-state index is 9.53. The summed E-state index contributed by atoms with van der Waals surface area (Å²) in [5, 5.41) is 12.9. The zero-order valence-corrected chi connectivity index (χ0v) is 9.17. The van der Waals surface area contributed by atoms with Gasteiger partial charge in [0.25, 0.3) is 0 Å². The summed E-state index contributed by atoms with van der Waals surface area (Å²) in [6, 6.07) is 0.310. The van der Waals surface area contributed by atoms with Crippen LogP contribution in [0.4, 0.5) is 0 Å². The van der Waals surface area contributed by atoms with Crippen LogP contribution in [0.5, 0.6) is 0 Å². The van der Waals surface area contributed by atoms with Crippen LogP contribution in [0, 0.1) is 0 Å². The van der Waals surface area contributed by atoms with Crippen molar-refractivity contribution in [3.05, 3.63) is 0 Å². The van der Waals surface area contributed by atoms with Gasteiger partial charge in [0.2, 0.25) is 0 Å². The molecule has 0 radical (unpaired) electrons. The Kier molecular flexibility index (Phi) is 6.15. The Labute approximate surface area is 86.8 Å². The van der Waals surface area contributed by atoms with Gasteiger partial charge in [-0.15, -0.1) is 0 Å². The molecule has 0 saturated heterocycles. The van der Waals surface area contributed by atoms with Crippen molar-refractivity contribution in [3.8, 4) is 0 Å². The summed E-state index contributed by atoms with van der Waals surface area (Å²) in [5.41, 5.74) is 0. The van der Waals surface area contributed by atoms with E-state index in [1.807, 2.05) is 0 Å². The van der Waals surface area contributed by atoms with E-state index < -0.39 is 0 Å². The standard InChI is InChI=1S/C11H23NO2/c1-2-3-8-14-9-7-12-10-5-4-6-11(10)13/h10-13H,2-9H2,1H3/t10-,11-/m0/s1. The molecule has 1 rings (SSSR count). The third-order valence-corrected chi connectivity index (χ3v) is 2.77. The second kappa shape index (κ2) is 7.21. The number of ether oxygens (including phenoxy) is 1. The number of hydrogen-bond donors (Lipinski definition) is 2. The largest absolute Gasteiger partial charge is 0.392 e. The molecule has 0 unspecified atom stereocenters.